The quantitative estimate of drug-likeness (QED) is 0.695. The lowest BCUT2D eigenvalue weighted by Crippen LogP contribution is -1.94. The fourth-order valence-corrected chi connectivity index (χ4v) is 1.64. The second-order valence-electron chi connectivity index (χ2n) is 3.24. The summed E-state index contributed by atoms with van der Waals surface area (Å²) >= 11 is 0. The number of H-pyrrole nitrogens is 1. The minimum Gasteiger partial charge on any atom is -0.478 e. The van der Waals surface area contributed by atoms with Crippen LogP contribution in [0.25, 0.3) is 17.0 Å². The predicted octanol–water partition coefficient (Wildman–Crippen LogP) is 1.13. The van der Waals surface area contributed by atoms with Gasteiger partial charge in [0.1, 0.15) is 0 Å². The van der Waals surface area contributed by atoms with Crippen molar-refractivity contribution in [3.63, 3.8) is 0 Å². The average molecular weight is 215 g/mol. The fourth-order valence-electron chi connectivity index (χ4n) is 1.64. The highest BCUT2D eigenvalue weighted by Crippen LogP contribution is 2.21. The highest BCUT2D eigenvalue weighted by molar-refractivity contribution is 5.62. The van der Waals surface area contributed by atoms with Gasteiger partial charge in [-0.2, -0.15) is 5.10 Å². The van der Waals surface area contributed by atoms with Crippen LogP contribution in [-0.2, 0) is 0 Å². The molecule has 0 aliphatic heterocycles. The van der Waals surface area contributed by atoms with Crippen LogP contribution in [0.3, 0.4) is 0 Å². The zero-order valence-electron chi connectivity index (χ0n) is 8.58. The Morgan fingerprint density at radius 2 is 2.25 bits per heavy atom. The van der Waals surface area contributed by atoms with Gasteiger partial charge in [0.15, 0.2) is 0 Å². The molecule has 3 aromatic heterocycles. The van der Waals surface area contributed by atoms with Crippen molar-refractivity contribution in [3.8, 4) is 17.3 Å². The third kappa shape index (κ3) is 1.16. The number of hydrogen-bond donors (Lipinski definition) is 1. The first kappa shape index (κ1) is 8.90. The molecule has 1 N–H and O–H groups in total. The van der Waals surface area contributed by atoms with Gasteiger partial charge in [-0.25, -0.2) is 9.97 Å². The van der Waals surface area contributed by atoms with Crippen molar-refractivity contribution in [2.75, 3.05) is 7.11 Å². The summed E-state index contributed by atoms with van der Waals surface area (Å²) in [5.41, 5.74) is 2.52. The second kappa shape index (κ2) is 3.34. The van der Waals surface area contributed by atoms with Crippen LogP contribution in [0, 0.1) is 0 Å². The minimum absolute atomic E-state index is 0.508. The summed E-state index contributed by atoms with van der Waals surface area (Å²) in [4.78, 5) is 8.36. The van der Waals surface area contributed by atoms with E-state index < -0.39 is 0 Å². The van der Waals surface area contributed by atoms with Crippen LogP contribution < -0.4 is 4.74 Å². The average Bonchev–Trinajstić information content (AvgIpc) is 2.96. The van der Waals surface area contributed by atoms with Crippen LogP contribution >= 0.6 is 0 Å². The van der Waals surface area contributed by atoms with E-state index in [0.29, 0.717) is 11.5 Å². The Labute approximate surface area is 90.9 Å². The molecule has 0 amide bonds. The van der Waals surface area contributed by atoms with Gasteiger partial charge in [0.25, 0.3) is 5.88 Å². The van der Waals surface area contributed by atoms with Gasteiger partial charge in [0, 0.05) is 18.6 Å². The van der Waals surface area contributed by atoms with Gasteiger partial charge in [-0.15, -0.1) is 0 Å². The van der Waals surface area contributed by atoms with Gasteiger partial charge >= 0.3 is 0 Å². The third-order valence-corrected chi connectivity index (χ3v) is 2.37. The molecule has 80 valence electrons. The maximum Gasteiger partial charge on any atom is 0.258 e. The summed E-state index contributed by atoms with van der Waals surface area (Å²) < 4.78 is 7.04. The van der Waals surface area contributed by atoms with E-state index in [1.54, 1.807) is 25.7 Å². The molecule has 0 aliphatic rings. The first-order valence-corrected chi connectivity index (χ1v) is 4.76. The van der Waals surface area contributed by atoms with Crippen LogP contribution in [-0.4, -0.2) is 31.7 Å². The Hall–Kier alpha value is -2.37. The number of nitrogens with one attached hydrogen (secondary N) is 1. The Bertz CT molecular complexity index is 613. The number of aromatic nitrogens is 5. The largest absolute Gasteiger partial charge is 0.478 e. The van der Waals surface area contributed by atoms with E-state index in [4.69, 9.17) is 4.74 Å². The van der Waals surface area contributed by atoms with Crippen LogP contribution in [0.1, 0.15) is 0 Å². The molecule has 6 nitrogen and oxygen atoms in total. The van der Waals surface area contributed by atoms with Crippen molar-refractivity contribution in [3.05, 3.63) is 30.9 Å². The van der Waals surface area contributed by atoms with Crippen molar-refractivity contribution in [1.82, 2.24) is 24.6 Å². The fraction of sp³-hybridized carbons (Fsp3) is 0.100. The second-order valence-corrected chi connectivity index (χ2v) is 3.24. The number of hydrogen-bond acceptors (Lipinski definition) is 4. The van der Waals surface area contributed by atoms with Gasteiger partial charge in [-0.05, 0) is 6.07 Å². The van der Waals surface area contributed by atoms with Crippen molar-refractivity contribution in [1.29, 1.82) is 0 Å². The van der Waals surface area contributed by atoms with E-state index in [2.05, 4.69) is 20.2 Å². The lowest BCUT2D eigenvalue weighted by molar-refractivity contribution is 0.400. The van der Waals surface area contributed by atoms with Crippen LogP contribution in [0.4, 0.5) is 0 Å². The zero-order chi connectivity index (χ0) is 11.0. The van der Waals surface area contributed by atoms with E-state index in [-0.39, 0.29) is 0 Å². The summed E-state index contributed by atoms with van der Waals surface area (Å²) in [6, 6.07) is 1.89. The van der Waals surface area contributed by atoms with E-state index >= 15 is 0 Å². The van der Waals surface area contributed by atoms with E-state index in [0.717, 1.165) is 11.4 Å². The maximum absolute atomic E-state index is 5.14. The minimum atomic E-state index is 0.508. The van der Waals surface area contributed by atoms with Gasteiger partial charge in [-0.3, -0.25) is 9.50 Å². The first-order chi connectivity index (χ1) is 7.90. The number of imidazole rings is 1. The molecule has 0 aliphatic carbocycles. The van der Waals surface area contributed by atoms with Gasteiger partial charge in [0.05, 0.1) is 24.7 Å². The number of ether oxygens (including phenoxy) is 1. The molecule has 3 aromatic rings. The third-order valence-electron chi connectivity index (χ3n) is 2.37. The maximum atomic E-state index is 5.14. The number of rotatable bonds is 2. The smallest absolute Gasteiger partial charge is 0.258 e. The molecule has 0 radical (unpaired) electrons. The van der Waals surface area contributed by atoms with E-state index in [9.17, 15) is 0 Å². The van der Waals surface area contributed by atoms with E-state index in [1.165, 1.54) is 0 Å². The zero-order valence-corrected chi connectivity index (χ0v) is 8.58. The number of fused-ring (bicyclic) bond motifs is 1. The molecular weight excluding hydrogens is 206 g/mol. The molecule has 0 bridgehead atoms. The van der Waals surface area contributed by atoms with Crippen molar-refractivity contribution in [2.24, 2.45) is 0 Å². The number of nitrogens with zero attached hydrogens (tertiary/aromatic N) is 4. The molecule has 3 rings (SSSR count). The van der Waals surface area contributed by atoms with Crippen molar-refractivity contribution in [2.45, 2.75) is 0 Å². The van der Waals surface area contributed by atoms with Crippen molar-refractivity contribution < 1.29 is 4.74 Å². The Morgan fingerprint density at radius 3 is 3.00 bits per heavy atom. The first-order valence-electron chi connectivity index (χ1n) is 4.76. The Balaban J connectivity index is 2.29. The molecule has 0 saturated carbocycles. The molecule has 0 unspecified atom stereocenters. The normalized spacial score (nSPS) is 10.8. The molecule has 0 saturated heterocycles. The van der Waals surface area contributed by atoms with Gasteiger partial charge in [-0.1, -0.05) is 0 Å². The molecule has 0 fully saturated rings. The predicted molar refractivity (Wildman–Crippen MR) is 57.1 cm³/mol. The van der Waals surface area contributed by atoms with Gasteiger partial charge < -0.3 is 4.74 Å². The lowest BCUT2D eigenvalue weighted by atomic mass is 10.3. The molecule has 0 aromatic carbocycles. The summed E-state index contributed by atoms with van der Waals surface area (Å²) in [6.45, 7) is 0. The lowest BCUT2D eigenvalue weighted by Gasteiger charge is -2.01. The summed E-state index contributed by atoms with van der Waals surface area (Å²) in [5, 5.41) is 6.81. The number of methoxy groups -OCH3 is 1. The Kier molecular flexibility index (Phi) is 1.86. The van der Waals surface area contributed by atoms with Crippen LogP contribution in [0.5, 0.6) is 5.88 Å². The number of aromatic amines is 1. The highest BCUT2D eigenvalue weighted by Gasteiger charge is 2.10. The Morgan fingerprint density at radius 1 is 1.31 bits per heavy atom. The van der Waals surface area contributed by atoms with Gasteiger partial charge in [0.2, 0.25) is 5.65 Å². The van der Waals surface area contributed by atoms with Crippen LogP contribution in [0.15, 0.2) is 30.9 Å². The molecule has 0 atom stereocenters. The summed E-state index contributed by atoms with van der Waals surface area (Å²) in [7, 11) is 1.58. The topological polar surface area (TPSA) is 68.1 Å². The van der Waals surface area contributed by atoms with Crippen molar-refractivity contribution >= 4 is 5.65 Å². The summed E-state index contributed by atoms with van der Waals surface area (Å²) in [5.74, 6) is 0.508. The van der Waals surface area contributed by atoms with Crippen LogP contribution in [0.2, 0.25) is 0 Å². The monoisotopic (exact) mass is 215 g/mol. The molecule has 3 heterocycles. The highest BCUT2D eigenvalue weighted by atomic mass is 16.5. The molecule has 0 spiro atoms. The standard InChI is InChI=1S/C10H9N5O/c1-16-10-9-12-6-8(7-2-3-13-14-7)15(9)5-4-11-10/h2-6H,1H3,(H,13,14). The molecular formula is C10H9N5O. The van der Waals surface area contributed by atoms with E-state index in [1.807, 2.05) is 16.7 Å². The summed E-state index contributed by atoms with van der Waals surface area (Å²) in [6.07, 6.45) is 6.97. The molecule has 6 heteroatoms. The molecule has 16 heavy (non-hydrogen) atoms. The SMILES string of the molecule is COc1nccn2c(-c3ccn[nH]3)cnc12.